The Morgan fingerprint density at radius 2 is 1.75 bits per heavy atom. The molecule has 108 valence electrons. The predicted octanol–water partition coefficient (Wildman–Crippen LogP) is 2.44. The first-order valence-electron chi connectivity index (χ1n) is 6.12. The van der Waals surface area contributed by atoms with Crippen LogP contribution in [0.15, 0.2) is 6.07 Å². The maximum absolute atomic E-state index is 14.2. The summed E-state index contributed by atoms with van der Waals surface area (Å²) < 4.78 is 26.3. The number of ether oxygens (including phenoxy) is 2. The van der Waals surface area contributed by atoms with E-state index in [1.165, 1.54) is 14.2 Å². The van der Waals surface area contributed by atoms with Crippen LogP contribution in [0.3, 0.4) is 0 Å². The number of nitrogens with zero attached hydrogens (tertiary/aromatic N) is 2. The fourth-order valence-corrected chi connectivity index (χ4v) is 2.32. The quantitative estimate of drug-likeness (QED) is 0.937. The smallest absolute Gasteiger partial charge is 0.171 e. The van der Waals surface area contributed by atoms with Crippen molar-refractivity contribution in [1.29, 1.82) is 0 Å². The fraction of sp³-hybridized carbons (Fsp3) is 0.357. The van der Waals surface area contributed by atoms with Gasteiger partial charge in [0.05, 0.1) is 25.5 Å². The molecular formula is C14H18FN3O2. The topological polar surface area (TPSA) is 62.3 Å². The summed E-state index contributed by atoms with van der Waals surface area (Å²) in [5.41, 5.74) is 8.14. The molecule has 0 aliphatic rings. The number of methoxy groups -OCH3 is 2. The van der Waals surface area contributed by atoms with E-state index in [1.807, 2.05) is 0 Å². The molecule has 0 amide bonds. The molecule has 5 nitrogen and oxygen atoms in total. The Morgan fingerprint density at radius 3 is 2.20 bits per heavy atom. The van der Waals surface area contributed by atoms with Crippen LogP contribution in [0.1, 0.15) is 11.1 Å². The molecule has 0 radical (unpaired) electrons. The second-order valence-electron chi connectivity index (χ2n) is 4.58. The van der Waals surface area contributed by atoms with Gasteiger partial charge in [0.25, 0.3) is 0 Å². The van der Waals surface area contributed by atoms with Crippen molar-refractivity contribution in [3.8, 4) is 22.8 Å². The molecule has 20 heavy (non-hydrogen) atoms. The van der Waals surface area contributed by atoms with Gasteiger partial charge in [-0.15, -0.1) is 0 Å². The van der Waals surface area contributed by atoms with E-state index < -0.39 is 5.82 Å². The molecule has 1 heterocycles. The molecule has 1 aromatic carbocycles. The van der Waals surface area contributed by atoms with E-state index in [1.54, 1.807) is 31.6 Å². The van der Waals surface area contributed by atoms with Crippen LogP contribution in [0, 0.1) is 19.7 Å². The predicted molar refractivity (Wildman–Crippen MR) is 75.6 cm³/mol. The Labute approximate surface area is 117 Å². The normalized spacial score (nSPS) is 10.7. The summed E-state index contributed by atoms with van der Waals surface area (Å²) in [7, 11) is 4.69. The van der Waals surface area contributed by atoms with Gasteiger partial charge in [0.2, 0.25) is 0 Å². The lowest BCUT2D eigenvalue weighted by Gasteiger charge is -2.17. The van der Waals surface area contributed by atoms with Crippen molar-refractivity contribution in [2.45, 2.75) is 13.8 Å². The summed E-state index contributed by atoms with van der Waals surface area (Å²) in [4.78, 5) is 0. The molecule has 6 heteroatoms. The van der Waals surface area contributed by atoms with Gasteiger partial charge in [-0.25, -0.2) is 4.39 Å². The first-order valence-corrected chi connectivity index (χ1v) is 6.12. The lowest BCUT2D eigenvalue weighted by molar-refractivity contribution is 0.371. The highest BCUT2D eigenvalue weighted by Gasteiger charge is 2.24. The van der Waals surface area contributed by atoms with Crippen LogP contribution in [0.25, 0.3) is 11.3 Å². The molecule has 0 aliphatic heterocycles. The van der Waals surface area contributed by atoms with Crippen LogP contribution >= 0.6 is 0 Å². The van der Waals surface area contributed by atoms with Crippen LogP contribution in [-0.4, -0.2) is 24.0 Å². The molecule has 0 atom stereocenters. The Hall–Kier alpha value is -2.24. The zero-order valence-corrected chi connectivity index (χ0v) is 12.2. The molecule has 0 unspecified atom stereocenters. The number of rotatable bonds is 3. The maximum Gasteiger partial charge on any atom is 0.171 e. The van der Waals surface area contributed by atoms with Crippen LogP contribution < -0.4 is 15.2 Å². The molecule has 0 aliphatic carbocycles. The van der Waals surface area contributed by atoms with E-state index in [0.717, 1.165) is 0 Å². The van der Waals surface area contributed by atoms with Gasteiger partial charge in [0.1, 0.15) is 11.6 Å². The monoisotopic (exact) mass is 279 g/mol. The minimum Gasteiger partial charge on any atom is -0.496 e. The second-order valence-corrected chi connectivity index (χ2v) is 4.58. The van der Waals surface area contributed by atoms with E-state index in [2.05, 4.69) is 5.10 Å². The Bertz CT molecular complexity index is 646. The van der Waals surface area contributed by atoms with E-state index in [9.17, 15) is 4.39 Å². The highest BCUT2D eigenvalue weighted by molar-refractivity contribution is 5.77. The molecule has 1 aromatic heterocycles. The third kappa shape index (κ3) is 1.97. The van der Waals surface area contributed by atoms with Gasteiger partial charge in [-0.05, 0) is 13.8 Å². The third-order valence-corrected chi connectivity index (χ3v) is 3.39. The molecule has 0 bridgehead atoms. The largest absolute Gasteiger partial charge is 0.496 e. The average molecular weight is 279 g/mol. The molecule has 2 N–H and O–H groups in total. The van der Waals surface area contributed by atoms with Gasteiger partial charge in [-0.1, -0.05) is 0 Å². The molecule has 0 saturated heterocycles. The zero-order chi connectivity index (χ0) is 15.0. The van der Waals surface area contributed by atoms with Crippen molar-refractivity contribution in [3.05, 3.63) is 23.0 Å². The minimum atomic E-state index is -0.422. The Morgan fingerprint density at radius 1 is 1.15 bits per heavy atom. The van der Waals surface area contributed by atoms with Crippen molar-refractivity contribution in [2.24, 2.45) is 7.05 Å². The summed E-state index contributed by atoms with van der Waals surface area (Å²) in [6.07, 6.45) is 0. The van der Waals surface area contributed by atoms with Crippen LogP contribution in [0.5, 0.6) is 11.5 Å². The first kappa shape index (κ1) is 14.2. The number of aryl methyl sites for hydroxylation is 1. The van der Waals surface area contributed by atoms with Crippen molar-refractivity contribution in [1.82, 2.24) is 9.78 Å². The molecule has 2 aromatic rings. The highest BCUT2D eigenvalue weighted by atomic mass is 19.1. The van der Waals surface area contributed by atoms with E-state index in [4.69, 9.17) is 15.2 Å². The number of nitrogens with two attached hydrogens (primary N) is 1. The Kier molecular flexibility index (Phi) is 3.57. The third-order valence-electron chi connectivity index (χ3n) is 3.39. The van der Waals surface area contributed by atoms with Crippen molar-refractivity contribution in [3.63, 3.8) is 0 Å². The molecule has 0 saturated carbocycles. The number of hydrogen-bond acceptors (Lipinski definition) is 4. The van der Waals surface area contributed by atoms with E-state index in [0.29, 0.717) is 34.0 Å². The first-order chi connectivity index (χ1) is 9.42. The molecule has 2 rings (SSSR count). The highest BCUT2D eigenvalue weighted by Crippen LogP contribution is 2.42. The summed E-state index contributed by atoms with van der Waals surface area (Å²) in [6, 6.07) is 1.72. The van der Waals surface area contributed by atoms with Crippen LogP contribution in [0.2, 0.25) is 0 Å². The van der Waals surface area contributed by atoms with Crippen molar-refractivity contribution >= 4 is 5.82 Å². The van der Waals surface area contributed by atoms with Crippen LogP contribution in [0.4, 0.5) is 10.2 Å². The van der Waals surface area contributed by atoms with E-state index >= 15 is 0 Å². The number of anilines is 1. The zero-order valence-electron chi connectivity index (χ0n) is 12.2. The van der Waals surface area contributed by atoms with Gasteiger partial charge in [0, 0.05) is 24.2 Å². The fourth-order valence-electron chi connectivity index (χ4n) is 2.32. The SMILES string of the molecule is COc1c(C)c(-c2cc(N)n(C)n2)c(OC)c(C)c1F. The number of aromatic nitrogens is 2. The standard InChI is InChI=1S/C14H18FN3O2/c1-7-11(9-6-10(16)18(3)17-9)13(19-4)8(2)12(15)14(7)20-5/h6H,16H2,1-5H3. The summed E-state index contributed by atoms with van der Waals surface area (Å²) in [6.45, 7) is 3.41. The molecule has 0 spiro atoms. The lowest BCUT2D eigenvalue weighted by atomic mass is 9.99. The summed E-state index contributed by atoms with van der Waals surface area (Å²) in [5, 5.41) is 4.33. The van der Waals surface area contributed by atoms with Crippen LogP contribution in [-0.2, 0) is 7.05 Å². The number of halogens is 1. The van der Waals surface area contributed by atoms with Gasteiger partial charge in [0.15, 0.2) is 11.6 Å². The summed E-state index contributed by atoms with van der Waals surface area (Å²) >= 11 is 0. The summed E-state index contributed by atoms with van der Waals surface area (Å²) in [5.74, 6) is 0.735. The maximum atomic E-state index is 14.2. The van der Waals surface area contributed by atoms with Gasteiger partial charge in [-0.3, -0.25) is 4.68 Å². The van der Waals surface area contributed by atoms with Crippen molar-refractivity contribution in [2.75, 3.05) is 20.0 Å². The van der Waals surface area contributed by atoms with Gasteiger partial charge < -0.3 is 15.2 Å². The molecular weight excluding hydrogens is 261 g/mol. The number of nitrogen functional groups attached to an aromatic ring is 1. The number of benzene rings is 1. The van der Waals surface area contributed by atoms with Gasteiger partial charge in [-0.2, -0.15) is 5.10 Å². The minimum absolute atomic E-state index is 0.197. The second kappa shape index (κ2) is 5.03. The molecule has 0 fully saturated rings. The van der Waals surface area contributed by atoms with Gasteiger partial charge >= 0.3 is 0 Å². The number of hydrogen-bond donors (Lipinski definition) is 1. The lowest BCUT2D eigenvalue weighted by Crippen LogP contribution is -2.02. The average Bonchev–Trinajstić information content (AvgIpc) is 2.73. The van der Waals surface area contributed by atoms with Crippen molar-refractivity contribution < 1.29 is 13.9 Å². The Balaban J connectivity index is 2.83. The van der Waals surface area contributed by atoms with E-state index in [-0.39, 0.29) is 5.75 Å².